The summed E-state index contributed by atoms with van der Waals surface area (Å²) in [5.74, 6) is 0.159. The van der Waals surface area contributed by atoms with E-state index in [0.29, 0.717) is 0 Å². The van der Waals surface area contributed by atoms with Gasteiger partial charge in [0.05, 0.1) is 0 Å². The van der Waals surface area contributed by atoms with Crippen LogP contribution in [0.5, 0.6) is 0 Å². The van der Waals surface area contributed by atoms with E-state index in [1.54, 1.807) is 0 Å². The van der Waals surface area contributed by atoms with Crippen LogP contribution in [-0.4, -0.2) is 5.78 Å². The van der Waals surface area contributed by atoms with Crippen molar-refractivity contribution in [3.05, 3.63) is 106 Å². The van der Waals surface area contributed by atoms with Gasteiger partial charge >= 0.3 is 0 Å². The molecule has 106 valence electrons. The van der Waals surface area contributed by atoms with E-state index in [1.807, 2.05) is 36.4 Å². The summed E-state index contributed by atoms with van der Waals surface area (Å²) in [5, 5.41) is 0. The normalized spacial score (nSPS) is 12.6. The van der Waals surface area contributed by atoms with Crippen molar-refractivity contribution in [2.45, 2.75) is 12.8 Å². The lowest BCUT2D eigenvalue weighted by atomic mass is 9.82. The molecular weight excluding hydrogens is 268 g/mol. The molecule has 0 heterocycles. The zero-order chi connectivity index (χ0) is 14.9. The fourth-order valence-electron chi connectivity index (χ4n) is 3.27. The molecule has 0 aliphatic heterocycles. The average Bonchev–Trinajstić information content (AvgIpc) is 2.57. The third-order valence-electron chi connectivity index (χ3n) is 4.38. The molecule has 3 aromatic rings. The lowest BCUT2D eigenvalue weighted by Crippen LogP contribution is -2.16. The quantitative estimate of drug-likeness (QED) is 0.533. The van der Waals surface area contributed by atoms with Gasteiger partial charge in [0.1, 0.15) is 0 Å². The minimum atomic E-state index is 0.159. The molecule has 4 rings (SSSR count). The van der Waals surface area contributed by atoms with Crippen molar-refractivity contribution in [1.29, 1.82) is 0 Å². The Labute approximate surface area is 130 Å². The van der Waals surface area contributed by atoms with E-state index < -0.39 is 0 Å². The number of fused-ring (bicyclic) bond motifs is 2. The molecule has 0 bridgehead atoms. The number of benzene rings is 3. The Morgan fingerprint density at radius 2 is 1.45 bits per heavy atom. The van der Waals surface area contributed by atoms with Crippen LogP contribution in [0.1, 0.15) is 38.2 Å². The Morgan fingerprint density at radius 1 is 0.727 bits per heavy atom. The summed E-state index contributed by atoms with van der Waals surface area (Å²) in [6, 6.07) is 24.5. The van der Waals surface area contributed by atoms with Gasteiger partial charge in [-0.2, -0.15) is 0 Å². The van der Waals surface area contributed by atoms with E-state index in [2.05, 4.69) is 36.4 Å². The standard InChI is InChI=1S/C21H16O/c22-21-18-11-5-4-9-17(18)14-20-16(10-6-12-19(20)21)13-15-7-2-1-3-8-15/h1-12H,13-14H2. The highest BCUT2D eigenvalue weighted by molar-refractivity contribution is 6.12. The van der Waals surface area contributed by atoms with Crippen molar-refractivity contribution in [2.75, 3.05) is 0 Å². The van der Waals surface area contributed by atoms with Crippen LogP contribution in [0.3, 0.4) is 0 Å². The van der Waals surface area contributed by atoms with Crippen LogP contribution in [0.25, 0.3) is 0 Å². The maximum atomic E-state index is 12.7. The van der Waals surface area contributed by atoms with Crippen LogP contribution < -0.4 is 0 Å². The number of rotatable bonds is 2. The van der Waals surface area contributed by atoms with Crippen LogP contribution in [-0.2, 0) is 12.8 Å². The van der Waals surface area contributed by atoms with E-state index in [4.69, 9.17) is 0 Å². The molecule has 1 aliphatic carbocycles. The van der Waals surface area contributed by atoms with Gasteiger partial charge in [0.15, 0.2) is 5.78 Å². The number of carbonyl (C=O) groups excluding carboxylic acids is 1. The van der Waals surface area contributed by atoms with E-state index in [0.717, 1.165) is 29.5 Å². The van der Waals surface area contributed by atoms with Crippen molar-refractivity contribution < 1.29 is 4.79 Å². The van der Waals surface area contributed by atoms with Gasteiger partial charge in [-0.1, -0.05) is 72.8 Å². The molecule has 0 fully saturated rings. The second-order valence-electron chi connectivity index (χ2n) is 5.77. The molecule has 1 nitrogen and oxygen atoms in total. The van der Waals surface area contributed by atoms with Crippen molar-refractivity contribution in [3.8, 4) is 0 Å². The largest absolute Gasteiger partial charge is 0.289 e. The van der Waals surface area contributed by atoms with E-state index in [-0.39, 0.29) is 5.78 Å². The highest BCUT2D eigenvalue weighted by Gasteiger charge is 2.24. The lowest BCUT2D eigenvalue weighted by molar-refractivity contribution is 0.103. The fraction of sp³-hybridized carbons (Fsp3) is 0.0952. The van der Waals surface area contributed by atoms with Gasteiger partial charge in [-0.15, -0.1) is 0 Å². The summed E-state index contributed by atoms with van der Waals surface area (Å²) in [6.45, 7) is 0. The predicted molar refractivity (Wildman–Crippen MR) is 88.4 cm³/mol. The molecule has 3 aromatic carbocycles. The lowest BCUT2D eigenvalue weighted by Gasteiger charge is -2.21. The minimum absolute atomic E-state index is 0.159. The van der Waals surface area contributed by atoms with Gasteiger partial charge in [0.25, 0.3) is 0 Å². The molecule has 0 unspecified atom stereocenters. The first kappa shape index (κ1) is 13.0. The van der Waals surface area contributed by atoms with Gasteiger partial charge in [-0.05, 0) is 35.1 Å². The third-order valence-corrected chi connectivity index (χ3v) is 4.38. The van der Waals surface area contributed by atoms with Crippen LogP contribution >= 0.6 is 0 Å². The first-order valence-electron chi connectivity index (χ1n) is 7.60. The summed E-state index contributed by atoms with van der Waals surface area (Å²) >= 11 is 0. The molecular formula is C21H16O. The molecule has 0 spiro atoms. The fourth-order valence-corrected chi connectivity index (χ4v) is 3.27. The molecule has 0 radical (unpaired) electrons. The summed E-state index contributed by atoms with van der Waals surface area (Å²) in [5.41, 5.74) is 6.59. The molecule has 22 heavy (non-hydrogen) atoms. The Kier molecular flexibility index (Phi) is 3.12. The Balaban J connectivity index is 1.79. The van der Waals surface area contributed by atoms with Gasteiger partial charge in [-0.25, -0.2) is 0 Å². The second-order valence-corrected chi connectivity index (χ2v) is 5.77. The van der Waals surface area contributed by atoms with Crippen LogP contribution in [0.4, 0.5) is 0 Å². The van der Waals surface area contributed by atoms with Gasteiger partial charge in [-0.3, -0.25) is 4.79 Å². The number of hydrogen-bond donors (Lipinski definition) is 0. The molecule has 0 aromatic heterocycles. The number of hydrogen-bond acceptors (Lipinski definition) is 1. The maximum Gasteiger partial charge on any atom is 0.193 e. The van der Waals surface area contributed by atoms with E-state index in [9.17, 15) is 4.79 Å². The topological polar surface area (TPSA) is 17.1 Å². The van der Waals surface area contributed by atoms with Gasteiger partial charge in [0.2, 0.25) is 0 Å². The van der Waals surface area contributed by atoms with E-state index in [1.165, 1.54) is 16.7 Å². The summed E-state index contributed by atoms with van der Waals surface area (Å²) in [4.78, 5) is 12.7. The van der Waals surface area contributed by atoms with Crippen molar-refractivity contribution in [1.82, 2.24) is 0 Å². The maximum absolute atomic E-state index is 12.7. The van der Waals surface area contributed by atoms with Crippen LogP contribution in [0, 0.1) is 0 Å². The summed E-state index contributed by atoms with van der Waals surface area (Å²) in [7, 11) is 0. The van der Waals surface area contributed by atoms with Crippen molar-refractivity contribution in [3.63, 3.8) is 0 Å². The molecule has 0 atom stereocenters. The molecule has 1 heteroatoms. The van der Waals surface area contributed by atoms with Gasteiger partial charge < -0.3 is 0 Å². The van der Waals surface area contributed by atoms with Crippen LogP contribution in [0.2, 0.25) is 0 Å². The zero-order valence-electron chi connectivity index (χ0n) is 12.3. The number of carbonyl (C=O) groups is 1. The predicted octanol–water partition coefficient (Wildman–Crippen LogP) is 4.41. The minimum Gasteiger partial charge on any atom is -0.289 e. The third kappa shape index (κ3) is 2.15. The first-order chi connectivity index (χ1) is 10.8. The Hall–Kier alpha value is -2.67. The SMILES string of the molecule is O=C1c2ccccc2Cc2c(Cc3ccccc3)cccc21. The molecule has 0 amide bonds. The highest BCUT2D eigenvalue weighted by Crippen LogP contribution is 2.30. The summed E-state index contributed by atoms with van der Waals surface area (Å²) < 4.78 is 0. The molecule has 0 N–H and O–H groups in total. The smallest absolute Gasteiger partial charge is 0.193 e. The summed E-state index contributed by atoms with van der Waals surface area (Å²) in [6.07, 6.45) is 1.72. The Morgan fingerprint density at radius 3 is 2.32 bits per heavy atom. The van der Waals surface area contributed by atoms with E-state index >= 15 is 0 Å². The monoisotopic (exact) mass is 284 g/mol. The second kappa shape index (κ2) is 5.27. The number of ketones is 1. The average molecular weight is 284 g/mol. The highest BCUT2D eigenvalue weighted by atomic mass is 16.1. The van der Waals surface area contributed by atoms with Crippen molar-refractivity contribution >= 4 is 5.78 Å². The molecule has 1 aliphatic rings. The molecule has 0 saturated carbocycles. The Bertz CT molecular complexity index is 847. The zero-order valence-corrected chi connectivity index (χ0v) is 12.3. The van der Waals surface area contributed by atoms with Crippen LogP contribution in [0.15, 0.2) is 72.8 Å². The molecule has 0 saturated heterocycles. The van der Waals surface area contributed by atoms with Gasteiger partial charge in [0, 0.05) is 11.1 Å². The van der Waals surface area contributed by atoms with Crippen molar-refractivity contribution in [2.24, 2.45) is 0 Å². The first-order valence-corrected chi connectivity index (χ1v) is 7.60.